The van der Waals surface area contributed by atoms with E-state index in [9.17, 15) is 0 Å². The fourth-order valence-electron chi connectivity index (χ4n) is 1.32. The molecule has 1 aromatic rings. The molecule has 1 aliphatic heterocycles. The lowest BCUT2D eigenvalue weighted by Gasteiger charge is -2.14. The molecule has 0 bridgehead atoms. The molecule has 2 rings (SSSR count). The van der Waals surface area contributed by atoms with Crippen molar-refractivity contribution in [1.29, 1.82) is 0 Å². The average Bonchev–Trinajstić information content (AvgIpc) is 2.50. The number of furan rings is 1. The zero-order chi connectivity index (χ0) is 8.39. The maximum Gasteiger partial charge on any atom is 0.203 e. The summed E-state index contributed by atoms with van der Waals surface area (Å²) in [7, 11) is 0. The molecule has 0 atom stereocenters. The van der Waals surface area contributed by atoms with Gasteiger partial charge in [0.25, 0.3) is 0 Å². The average molecular weight is 168 g/mol. The molecule has 3 heteroatoms. The van der Waals surface area contributed by atoms with Gasteiger partial charge in [0.15, 0.2) is 5.75 Å². The maximum atomic E-state index is 5.43. The Kier molecular flexibility index (Phi) is 1.94. The van der Waals surface area contributed by atoms with E-state index in [4.69, 9.17) is 13.9 Å². The predicted octanol–water partition coefficient (Wildman–Crippen LogP) is 2.00. The summed E-state index contributed by atoms with van der Waals surface area (Å²) < 4.78 is 16.1. The van der Waals surface area contributed by atoms with Crippen LogP contribution in [0.15, 0.2) is 10.7 Å². The first-order valence-corrected chi connectivity index (χ1v) is 4.27. The van der Waals surface area contributed by atoms with Crippen molar-refractivity contribution < 1.29 is 13.9 Å². The van der Waals surface area contributed by atoms with Crippen molar-refractivity contribution in [2.75, 3.05) is 13.2 Å². The molecule has 12 heavy (non-hydrogen) atoms. The van der Waals surface area contributed by atoms with Crippen LogP contribution in [0.3, 0.4) is 0 Å². The van der Waals surface area contributed by atoms with Gasteiger partial charge >= 0.3 is 0 Å². The molecule has 0 aromatic carbocycles. The van der Waals surface area contributed by atoms with Gasteiger partial charge in [-0.3, -0.25) is 0 Å². The molecule has 0 fully saturated rings. The standard InChI is InChI=1S/C9H12O3/c1-2-3-7-9-8(6-12-7)10-4-5-11-9/h6H,2-5H2,1H3. The van der Waals surface area contributed by atoms with Gasteiger partial charge in [-0.2, -0.15) is 0 Å². The van der Waals surface area contributed by atoms with Crippen LogP contribution in [0.1, 0.15) is 19.1 Å². The summed E-state index contributed by atoms with van der Waals surface area (Å²) in [5, 5.41) is 0. The Bertz CT molecular complexity index is 265. The van der Waals surface area contributed by atoms with Crippen LogP contribution in [-0.4, -0.2) is 13.2 Å². The molecule has 0 unspecified atom stereocenters. The van der Waals surface area contributed by atoms with Gasteiger partial charge in [0, 0.05) is 6.42 Å². The van der Waals surface area contributed by atoms with E-state index >= 15 is 0 Å². The number of rotatable bonds is 2. The van der Waals surface area contributed by atoms with Crippen LogP contribution < -0.4 is 9.47 Å². The molecule has 66 valence electrons. The van der Waals surface area contributed by atoms with Gasteiger partial charge in [-0.15, -0.1) is 0 Å². The fraction of sp³-hybridized carbons (Fsp3) is 0.556. The summed E-state index contributed by atoms with van der Waals surface area (Å²) >= 11 is 0. The maximum absolute atomic E-state index is 5.43. The molecule has 1 aliphatic rings. The van der Waals surface area contributed by atoms with E-state index in [-0.39, 0.29) is 0 Å². The van der Waals surface area contributed by atoms with Gasteiger partial charge in [-0.05, 0) is 6.42 Å². The van der Waals surface area contributed by atoms with Crippen LogP contribution in [0.4, 0.5) is 0 Å². The summed E-state index contributed by atoms with van der Waals surface area (Å²) in [6.07, 6.45) is 3.60. The highest BCUT2D eigenvalue weighted by Gasteiger charge is 2.19. The van der Waals surface area contributed by atoms with Crippen molar-refractivity contribution in [3.05, 3.63) is 12.0 Å². The number of hydrogen-bond donors (Lipinski definition) is 0. The zero-order valence-corrected chi connectivity index (χ0v) is 7.13. The fourth-order valence-corrected chi connectivity index (χ4v) is 1.32. The summed E-state index contributed by atoms with van der Waals surface area (Å²) in [4.78, 5) is 0. The third-order valence-electron chi connectivity index (χ3n) is 1.85. The van der Waals surface area contributed by atoms with Crippen LogP contribution in [0, 0.1) is 0 Å². The Hall–Kier alpha value is -1.12. The van der Waals surface area contributed by atoms with E-state index in [0.29, 0.717) is 13.2 Å². The van der Waals surface area contributed by atoms with Gasteiger partial charge in [0.2, 0.25) is 5.75 Å². The molecule has 1 aromatic heterocycles. The van der Waals surface area contributed by atoms with Crippen molar-refractivity contribution >= 4 is 0 Å². The minimum absolute atomic E-state index is 0.623. The van der Waals surface area contributed by atoms with Gasteiger partial charge in [0.05, 0.1) is 0 Å². The van der Waals surface area contributed by atoms with E-state index in [0.717, 1.165) is 30.1 Å². The normalized spacial score (nSPS) is 14.8. The first-order valence-electron chi connectivity index (χ1n) is 4.27. The SMILES string of the molecule is CCCc1occ2c1OCCO2. The lowest BCUT2D eigenvalue weighted by Crippen LogP contribution is -2.14. The molecular formula is C9H12O3. The van der Waals surface area contributed by atoms with Crippen LogP contribution >= 0.6 is 0 Å². The highest BCUT2D eigenvalue weighted by atomic mass is 16.6. The monoisotopic (exact) mass is 168 g/mol. The second-order valence-corrected chi connectivity index (χ2v) is 2.80. The molecule has 0 radical (unpaired) electrons. The number of aryl methyl sites for hydroxylation is 1. The molecular weight excluding hydrogens is 156 g/mol. The first-order chi connectivity index (χ1) is 5.92. The van der Waals surface area contributed by atoms with Crippen molar-refractivity contribution in [2.24, 2.45) is 0 Å². The molecule has 0 saturated carbocycles. The Morgan fingerprint density at radius 3 is 3.00 bits per heavy atom. The third kappa shape index (κ3) is 1.15. The second kappa shape index (κ2) is 3.09. The summed E-state index contributed by atoms with van der Waals surface area (Å²) in [5.41, 5.74) is 0. The lowest BCUT2D eigenvalue weighted by atomic mass is 10.2. The largest absolute Gasteiger partial charge is 0.483 e. The quantitative estimate of drug-likeness (QED) is 0.676. The number of hydrogen-bond acceptors (Lipinski definition) is 3. The molecule has 2 heterocycles. The Morgan fingerprint density at radius 1 is 1.33 bits per heavy atom. The van der Waals surface area contributed by atoms with E-state index < -0.39 is 0 Å². The van der Waals surface area contributed by atoms with Gasteiger partial charge in [-0.1, -0.05) is 6.92 Å². The van der Waals surface area contributed by atoms with Gasteiger partial charge in [-0.25, -0.2) is 0 Å². The first kappa shape index (κ1) is 7.53. The summed E-state index contributed by atoms with van der Waals surface area (Å²) in [5.74, 6) is 2.47. The van der Waals surface area contributed by atoms with Crippen LogP contribution in [0.2, 0.25) is 0 Å². The molecule has 0 aliphatic carbocycles. The van der Waals surface area contributed by atoms with E-state index in [1.165, 1.54) is 0 Å². The van der Waals surface area contributed by atoms with Gasteiger partial charge in [0.1, 0.15) is 25.2 Å². The van der Waals surface area contributed by atoms with Gasteiger partial charge < -0.3 is 13.9 Å². The van der Waals surface area contributed by atoms with Crippen molar-refractivity contribution in [3.8, 4) is 11.5 Å². The third-order valence-corrected chi connectivity index (χ3v) is 1.85. The molecule has 0 amide bonds. The van der Waals surface area contributed by atoms with Crippen LogP contribution in [0.5, 0.6) is 11.5 Å². The minimum atomic E-state index is 0.623. The van der Waals surface area contributed by atoms with E-state index in [1.54, 1.807) is 6.26 Å². The molecule has 0 N–H and O–H groups in total. The van der Waals surface area contributed by atoms with E-state index in [2.05, 4.69) is 6.92 Å². The predicted molar refractivity (Wildman–Crippen MR) is 43.7 cm³/mol. The van der Waals surface area contributed by atoms with Crippen LogP contribution in [0.25, 0.3) is 0 Å². The molecule has 3 nitrogen and oxygen atoms in total. The summed E-state index contributed by atoms with van der Waals surface area (Å²) in [6, 6.07) is 0. The highest BCUT2D eigenvalue weighted by molar-refractivity contribution is 5.42. The minimum Gasteiger partial charge on any atom is -0.483 e. The van der Waals surface area contributed by atoms with E-state index in [1.807, 2.05) is 0 Å². The van der Waals surface area contributed by atoms with Crippen molar-refractivity contribution in [1.82, 2.24) is 0 Å². The second-order valence-electron chi connectivity index (χ2n) is 2.80. The zero-order valence-electron chi connectivity index (χ0n) is 7.13. The highest BCUT2D eigenvalue weighted by Crippen LogP contribution is 2.36. The Balaban J connectivity index is 2.25. The lowest BCUT2D eigenvalue weighted by molar-refractivity contribution is 0.172. The Morgan fingerprint density at radius 2 is 2.17 bits per heavy atom. The molecule has 0 saturated heterocycles. The van der Waals surface area contributed by atoms with Crippen LogP contribution in [-0.2, 0) is 6.42 Å². The number of fused-ring (bicyclic) bond motifs is 1. The van der Waals surface area contributed by atoms with Crippen molar-refractivity contribution in [2.45, 2.75) is 19.8 Å². The smallest absolute Gasteiger partial charge is 0.203 e. The summed E-state index contributed by atoms with van der Waals surface area (Å²) in [6.45, 7) is 3.36. The number of ether oxygens (including phenoxy) is 2. The topological polar surface area (TPSA) is 31.6 Å². The van der Waals surface area contributed by atoms with Crippen molar-refractivity contribution in [3.63, 3.8) is 0 Å². The molecule has 0 spiro atoms. The Labute approximate surface area is 71.3 Å².